The number of ether oxygens (including phenoxy) is 1. The number of nitrogens with one attached hydrogen (secondary N) is 1. The summed E-state index contributed by atoms with van der Waals surface area (Å²) in [6, 6.07) is 9.81. The van der Waals surface area contributed by atoms with Gasteiger partial charge in [0.15, 0.2) is 0 Å². The van der Waals surface area contributed by atoms with Gasteiger partial charge in [-0.2, -0.15) is 0 Å². The number of allylic oxidation sites excluding steroid dienone is 3. The van der Waals surface area contributed by atoms with Crippen LogP contribution in [0.3, 0.4) is 0 Å². The first-order valence-corrected chi connectivity index (χ1v) is 19.3. The first-order chi connectivity index (χ1) is 23.4. The number of nitrogens with zero attached hydrogens (tertiary/aromatic N) is 4. The van der Waals surface area contributed by atoms with Crippen LogP contribution >= 0.6 is 34.8 Å². The number of aliphatic hydroxyl groups is 1. The number of hydrogen-bond acceptors (Lipinski definition) is 7. The van der Waals surface area contributed by atoms with Crippen LogP contribution in [-0.2, 0) is 16.6 Å². The molecule has 0 radical (unpaired) electrons. The lowest BCUT2D eigenvalue weighted by Crippen LogP contribution is -2.54. The molecule has 10 nitrogen and oxygen atoms in total. The SMILES string of the molecule is CCOc1cc(Cl)c(S(=O)(=O)NC(C)(C)C)cc1/C(=N/C(C)(C)C1C=CC(Cl)=CC1)N(Cc1ccc(Cl)cc1)C(=O)N1CCN(CCO)CC1. The Morgan fingerprint density at radius 3 is 2.28 bits per heavy atom. The fourth-order valence-corrected chi connectivity index (χ4v) is 8.12. The van der Waals surface area contributed by atoms with Crippen molar-refractivity contribution in [1.29, 1.82) is 0 Å². The molecule has 2 aromatic rings. The number of hydrogen-bond donors (Lipinski definition) is 2. The molecule has 2 aromatic carbocycles. The third-order valence-corrected chi connectivity index (χ3v) is 11.2. The number of rotatable bonds is 11. The number of benzene rings is 2. The van der Waals surface area contributed by atoms with Crippen LogP contribution in [0.5, 0.6) is 5.75 Å². The number of carbonyl (C=O) groups is 1. The van der Waals surface area contributed by atoms with Crippen LogP contribution in [0.15, 0.2) is 69.5 Å². The van der Waals surface area contributed by atoms with Crippen molar-refractivity contribution in [3.05, 3.63) is 80.8 Å². The molecule has 1 atom stereocenters. The predicted molar refractivity (Wildman–Crippen MR) is 202 cm³/mol. The second-order valence-corrected chi connectivity index (χ2v) is 16.9. The van der Waals surface area contributed by atoms with Crippen molar-refractivity contribution in [2.75, 3.05) is 45.9 Å². The zero-order chi connectivity index (χ0) is 36.9. The fraction of sp³-hybridized carbons (Fsp3) is 0.500. The van der Waals surface area contributed by atoms with Gasteiger partial charge in [-0.05, 0) is 77.8 Å². The van der Waals surface area contributed by atoms with Gasteiger partial charge in [0, 0.05) is 60.3 Å². The number of piperazine rings is 1. The molecule has 1 aliphatic carbocycles. The molecule has 0 bridgehead atoms. The van der Waals surface area contributed by atoms with Crippen molar-refractivity contribution in [1.82, 2.24) is 19.4 Å². The summed E-state index contributed by atoms with van der Waals surface area (Å²) in [4.78, 5) is 25.4. The summed E-state index contributed by atoms with van der Waals surface area (Å²) in [5.74, 6) is 0.419. The highest BCUT2D eigenvalue weighted by atomic mass is 35.5. The Labute approximate surface area is 311 Å². The maximum absolute atomic E-state index is 14.8. The number of carbonyl (C=O) groups excluding carboxylic acids is 1. The van der Waals surface area contributed by atoms with Gasteiger partial charge in [0.25, 0.3) is 0 Å². The van der Waals surface area contributed by atoms with Gasteiger partial charge in [-0.25, -0.2) is 17.9 Å². The molecule has 274 valence electrons. The minimum atomic E-state index is -4.13. The van der Waals surface area contributed by atoms with Crippen LogP contribution in [0, 0.1) is 5.92 Å². The summed E-state index contributed by atoms with van der Waals surface area (Å²) in [6.45, 7) is 13.9. The number of β-amino-alcohol motifs (C(OH)–C–C–N with tert-alkyl or cyclic N) is 1. The highest BCUT2D eigenvalue weighted by Gasteiger charge is 2.36. The van der Waals surface area contributed by atoms with Crippen LogP contribution in [0.25, 0.3) is 0 Å². The van der Waals surface area contributed by atoms with E-state index >= 15 is 0 Å². The lowest BCUT2D eigenvalue weighted by Gasteiger charge is -2.39. The third kappa shape index (κ3) is 10.5. The Morgan fingerprint density at radius 1 is 1.06 bits per heavy atom. The van der Waals surface area contributed by atoms with E-state index in [0.29, 0.717) is 54.8 Å². The average Bonchev–Trinajstić information content (AvgIpc) is 3.03. The number of halogens is 3. The molecule has 14 heteroatoms. The maximum Gasteiger partial charge on any atom is 0.326 e. The number of aliphatic hydroxyl groups excluding tert-OH is 1. The number of amidine groups is 1. The maximum atomic E-state index is 14.8. The van der Waals surface area contributed by atoms with E-state index < -0.39 is 21.1 Å². The van der Waals surface area contributed by atoms with E-state index in [4.69, 9.17) is 44.5 Å². The van der Waals surface area contributed by atoms with E-state index in [1.807, 2.05) is 51.1 Å². The number of sulfonamides is 1. The van der Waals surface area contributed by atoms with Crippen molar-refractivity contribution >= 4 is 56.7 Å². The number of urea groups is 1. The lowest BCUT2D eigenvalue weighted by atomic mass is 9.83. The van der Waals surface area contributed by atoms with Crippen LogP contribution in [0.2, 0.25) is 10.0 Å². The van der Waals surface area contributed by atoms with Gasteiger partial charge in [0.05, 0.1) is 35.9 Å². The van der Waals surface area contributed by atoms with Gasteiger partial charge >= 0.3 is 6.03 Å². The zero-order valence-electron chi connectivity index (χ0n) is 29.5. The van der Waals surface area contributed by atoms with Crippen molar-refractivity contribution < 1.29 is 23.1 Å². The Bertz CT molecular complexity index is 1710. The quantitative estimate of drug-likeness (QED) is 0.190. The molecule has 1 fully saturated rings. The average molecular weight is 769 g/mol. The minimum Gasteiger partial charge on any atom is -0.493 e. The molecule has 1 unspecified atom stereocenters. The Morgan fingerprint density at radius 2 is 1.72 bits per heavy atom. The summed E-state index contributed by atoms with van der Waals surface area (Å²) >= 11 is 19.2. The second kappa shape index (κ2) is 16.8. The monoisotopic (exact) mass is 767 g/mol. The molecule has 2 aliphatic rings. The Hall–Kier alpha value is -2.64. The zero-order valence-corrected chi connectivity index (χ0v) is 32.6. The molecular weight excluding hydrogens is 721 g/mol. The van der Waals surface area contributed by atoms with Gasteiger partial charge in [0.1, 0.15) is 16.5 Å². The largest absolute Gasteiger partial charge is 0.493 e. The molecule has 0 spiro atoms. The molecule has 0 aromatic heterocycles. The second-order valence-electron chi connectivity index (χ2n) is 14.0. The number of amides is 2. The minimum absolute atomic E-state index is 0.0295. The van der Waals surface area contributed by atoms with Crippen molar-refractivity contribution in [3.8, 4) is 5.75 Å². The van der Waals surface area contributed by atoms with E-state index in [9.17, 15) is 18.3 Å². The predicted octanol–water partition coefficient (Wildman–Crippen LogP) is 6.93. The van der Waals surface area contributed by atoms with E-state index in [2.05, 4.69) is 9.62 Å². The van der Waals surface area contributed by atoms with Gasteiger partial charge in [0.2, 0.25) is 10.0 Å². The molecule has 1 aliphatic heterocycles. The van der Waals surface area contributed by atoms with Crippen LogP contribution in [0.4, 0.5) is 4.79 Å². The standard InChI is InChI=1S/C36H48Cl3N5O5S/c1-7-49-31-23-30(39)32(50(47,48)41-35(2,3)4)22-29(31)33(40-36(5,6)26-10-14-28(38)15-11-26)44(24-25-8-12-27(37)13-9-25)34(46)43-18-16-42(17-19-43)20-21-45/h8-10,12-15,22-23,26,41,45H,7,11,16-21,24H2,1-6H3/b40-33-. The molecule has 1 heterocycles. The van der Waals surface area contributed by atoms with Crippen molar-refractivity contribution in [3.63, 3.8) is 0 Å². The van der Waals surface area contributed by atoms with E-state index in [1.54, 1.807) is 42.7 Å². The first-order valence-electron chi connectivity index (χ1n) is 16.7. The Balaban J connectivity index is 1.98. The topological polar surface area (TPSA) is 115 Å². The van der Waals surface area contributed by atoms with Crippen LogP contribution in [-0.4, -0.2) is 97.1 Å². The molecule has 50 heavy (non-hydrogen) atoms. The van der Waals surface area contributed by atoms with Crippen LogP contribution in [0.1, 0.15) is 59.1 Å². The third-order valence-electron chi connectivity index (χ3n) is 8.46. The summed E-state index contributed by atoms with van der Waals surface area (Å²) in [7, 11) is -4.13. The Kier molecular flexibility index (Phi) is 13.5. The molecule has 4 rings (SSSR count). The van der Waals surface area contributed by atoms with Gasteiger partial charge in [-0.1, -0.05) is 59.1 Å². The van der Waals surface area contributed by atoms with E-state index in [1.165, 1.54) is 12.1 Å². The fourth-order valence-electron chi connectivity index (χ4n) is 5.87. The van der Waals surface area contributed by atoms with Gasteiger partial charge < -0.3 is 14.7 Å². The smallest absolute Gasteiger partial charge is 0.326 e. The van der Waals surface area contributed by atoms with Gasteiger partial charge in [-0.15, -0.1) is 0 Å². The first kappa shape index (κ1) is 40.1. The van der Waals surface area contributed by atoms with Crippen LogP contribution < -0.4 is 9.46 Å². The summed E-state index contributed by atoms with van der Waals surface area (Å²) in [6.07, 6.45) is 6.39. The molecule has 1 saturated heterocycles. The summed E-state index contributed by atoms with van der Waals surface area (Å²) in [5, 5.41) is 10.6. The summed E-state index contributed by atoms with van der Waals surface area (Å²) < 4.78 is 36.4. The normalized spacial score (nSPS) is 17.9. The van der Waals surface area contributed by atoms with Crippen molar-refractivity contribution in [2.24, 2.45) is 10.9 Å². The molecule has 2 amide bonds. The van der Waals surface area contributed by atoms with E-state index in [0.717, 1.165) is 5.56 Å². The van der Waals surface area contributed by atoms with Crippen molar-refractivity contribution in [2.45, 2.75) is 70.5 Å². The van der Waals surface area contributed by atoms with Gasteiger partial charge in [-0.3, -0.25) is 14.8 Å². The lowest BCUT2D eigenvalue weighted by molar-refractivity contribution is 0.111. The highest BCUT2D eigenvalue weighted by molar-refractivity contribution is 7.89. The molecular formula is C36H48Cl3N5O5S. The molecule has 0 saturated carbocycles. The highest BCUT2D eigenvalue weighted by Crippen LogP contribution is 2.36. The summed E-state index contributed by atoms with van der Waals surface area (Å²) in [5.41, 5.74) is -0.511. The van der Waals surface area contributed by atoms with E-state index in [-0.39, 0.29) is 53.2 Å². The molecule has 2 N–H and O–H groups in total. The number of aliphatic imine (C=N–C) groups is 1.